The monoisotopic (exact) mass is 452 g/mol. The van der Waals surface area contributed by atoms with Crippen LogP contribution in [0, 0.1) is 0 Å². The normalized spacial score (nSPS) is 9.60. The molecule has 0 atom stereocenters. The van der Waals surface area contributed by atoms with E-state index in [1.807, 2.05) is 12.1 Å². The molecule has 0 aromatic heterocycles. The molecule has 140 valence electrons. The first-order chi connectivity index (χ1) is 13.4. The number of carbonyl (C=O) groups is 2. The molecule has 6 nitrogen and oxygen atoms in total. The van der Waals surface area contributed by atoms with Gasteiger partial charge in [0, 0.05) is 0 Å². The van der Waals surface area contributed by atoms with E-state index in [0.717, 1.165) is 21.5 Å². The van der Waals surface area contributed by atoms with Crippen LogP contribution in [0.25, 0.3) is 21.5 Å². The summed E-state index contributed by atoms with van der Waals surface area (Å²) in [5.74, 6) is -3.26. The van der Waals surface area contributed by atoms with E-state index in [4.69, 9.17) is 10.2 Å². The molecule has 0 amide bonds. The number of aromatic carboxylic acids is 2. The van der Waals surface area contributed by atoms with Gasteiger partial charge in [0.05, 0.1) is 11.1 Å². The molecule has 4 aromatic rings. The van der Waals surface area contributed by atoms with Crippen molar-refractivity contribution in [1.82, 2.24) is 0 Å². The summed E-state index contributed by atoms with van der Waals surface area (Å²) in [5.41, 5.74) is -0.354. The van der Waals surface area contributed by atoms with Gasteiger partial charge in [-0.2, -0.15) is 0 Å². The van der Waals surface area contributed by atoms with E-state index in [1.165, 1.54) is 24.3 Å². The summed E-state index contributed by atoms with van der Waals surface area (Å²) in [6.07, 6.45) is 0. The predicted octanol–water partition coefficient (Wildman–Crippen LogP) is -2.77. The molecule has 0 heterocycles. The maximum Gasteiger partial charge on any atom is 1.00 e. The Hall–Kier alpha value is -0.787. The van der Waals surface area contributed by atoms with Crippen LogP contribution in [0.1, 0.15) is 20.7 Å². The van der Waals surface area contributed by atoms with Crippen molar-refractivity contribution in [2.75, 3.05) is 0 Å². The molecule has 0 unspecified atom stereocenters. The minimum absolute atomic E-state index is 0. The minimum atomic E-state index is -1.18. The Morgan fingerprint density at radius 1 is 0.567 bits per heavy atom. The second-order valence-corrected chi connectivity index (χ2v) is 6.00. The Morgan fingerprint density at radius 2 is 0.833 bits per heavy atom. The van der Waals surface area contributed by atoms with E-state index in [0.29, 0.717) is 0 Å². The molecule has 0 bridgehead atoms. The molecule has 0 saturated heterocycles. The van der Waals surface area contributed by atoms with Crippen molar-refractivity contribution in [2.45, 2.75) is 0 Å². The number of fused-ring (bicyclic) bond motifs is 2. The van der Waals surface area contributed by atoms with Gasteiger partial charge in [-0.05, 0) is 33.7 Å². The van der Waals surface area contributed by atoms with E-state index in [-0.39, 0.29) is 114 Å². The second-order valence-electron chi connectivity index (χ2n) is 6.00. The van der Waals surface area contributed by atoms with Gasteiger partial charge < -0.3 is 20.4 Å². The summed E-state index contributed by atoms with van der Waals surface area (Å²) >= 11 is 0. The fourth-order valence-corrected chi connectivity index (χ4v) is 2.77. The van der Waals surface area contributed by atoms with Crippen LogP contribution in [0.4, 0.5) is 0 Å². The third-order valence-electron chi connectivity index (χ3n) is 4.16. The third-order valence-corrected chi connectivity index (χ3v) is 4.16. The number of rotatable bonds is 2. The van der Waals surface area contributed by atoms with Gasteiger partial charge in [0.2, 0.25) is 0 Å². The molecule has 0 fully saturated rings. The maximum atomic E-state index is 11.3. The molecular formula is C22H14K2O6. The van der Waals surface area contributed by atoms with Gasteiger partial charge in [-0.3, -0.25) is 0 Å². The average molecular weight is 453 g/mol. The smallest absolute Gasteiger partial charge is 0.872 e. The van der Waals surface area contributed by atoms with Gasteiger partial charge in [-0.15, -0.1) is 0 Å². The average Bonchev–Trinajstić information content (AvgIpc) is 2.67. The summed E-state index contributed by atoms with van der Waals surface area (Å²) in [7, 11) is 0. The Morgan fingerprint density at radius 3 is 1.10 bits per heavy atom. The SMILES string of the molecule is O=C(O)c1cc2ccccc2cc1[O-].O=C(O)c1cc2ccccc2cc1[O-].[K+].[K+]. The molecule has 8 heteroatoms. The molecule has 0 saturated carbocycles. The van der Waals surface area contributed by atoms with Gasteiger partial charge in [0.25, 0.3) is 0 Å². The van der Waals surface area contributed by atoms with E-state index in [1.54, 1.807) is 36.4 Å². The predicted molar refractivity (Wildman–Crippen MR) is 101 cm³/mol. The number of benzene rings is 4. The van der Waals surface area contributed by atoms with Crippen LogP contribution >= 0.6 is 0 Å². The maximum absolute atomic E-state index is 11.3. The van der Waals surface area contributed by atoms with E-state index in [2.05, 4.69) is 0 Å². The molecule has 30 heavy (non-hydrogen) atoms. The van der Waals surface area contributed by atoms with Crippen LogP contribution < -0.4 is 113 Å². The summed E-state index contributed by atoms with van der Waals surface area (Å²) in [4.78, 5) is 21.3. The number of hydrogen-bond donors (Lipinski definition) is 2. The van der Waals surface area contributed by atoms with Gasteiger partial charge in [-0.25, -0.2) is 9.59 Å². The van der Waals surface area contributed by atoms with Crippen molar-refractivity contribution in [1.29, 1.82) is 0 Å². The summed E-state index contributed by atoms with van der Waals surface area (Å²) in [5, 5.41) is 43.1. The van der Waals surface area contributed by atoms with Crippen molar-refractivity contribution in [3.05, 3.63) is 83.9 Å². The molecular weight excluding hydrogens is 438 g/mol. The fourth-order valence-electron chi connectivity index (χ4n) is 2.77. The van der Waals surface area contributed by atoms with Crippen molar-refractivity contribution >= 4 is 33.5 Å². The van der Waals surface area contributed by atoms with Crippen LogP contribution in [0.5, 0.6) is 11.5 Å². The summed E-state index contributed by atoms with van der Waals surface area (Å²) < 4.78 is 0. The molecule has 0 aliphatic carbocycles. The first kappa shape index (κ1) is 27.2. The van der Waals surface area contributed by atoms with Gasteiger partial charge in [0.15, 0.2) is 0 Å². The number of carboxylic acids is 2. The Kier molecular flexibility index (Phi) is 11.2. The number of hydrogen-bond acceptors (Lipinski definition) is 4. The van der Waals surface area contributed by atoms with E-state index < -0.39 is 23.4 Å². The van der Waals surface area contributed by atoms with Gasteiger partial charge in [-0.1, -0.05) is 72.2 Å². The van der Waals surface area contributed by atoms with Crippen LogP contribution in [-0.4, -0.2) is 22.2 Å². The van der Waals surface area contributed by atoms with Crippen LogP contribution in [0.15, 0.2) is 72.8 Å². The topological polar surface area (TPSA) is 121 Å². The van der Waals surface area contributed by atoms with E-state index in [9.17, 15) is 19.8 Å². The van der Waals surface area contributed by atoms with Crippen molar-refractivity contribution in [2.24, 2.45) is 0 Å². The fraction of sp³-hybridized carbons (Fsp3) is 0. The zero-order chi connectivity index (χ0) is 20.3. The minimum Gasteiger partial charge on any atom is -0.872 e. The van der Waals surface area contributed by atoms with Crippen LogP contribution in [0.3, 0.4) is 0 Å². The largest absolute Gasteiger partial charge is 1.00 e. The van der Waals surface area contributed by atoms with E-state index >= 15 is 0 Å². The first-order valence-electron chi connectivity index (χ1n) is 8.23. The van der Waals surface area contributed by atoms with Crippen LogP contribution in [-0.2, 0) is 0 Å². The van der Waals surface area contributed by atoms with Crippen LogP contribution in [0.2, 0.25) is 0 Å². The Labute approximate surface area is 257 Å². The zero-order valence-corrected chi connectivity index (χ0v) is 22.7. The molecule has 0 aliphatic rings. The molecule has 4 aromatic carbocycles. The number of carboxylic acid groups (broad SMARTS) is 2. The Bertz CT molecular complexity index is 1110. The van der Waals surface area contributed by atoms with Gasteiger partial charge in [0.1, 0.15) is 0 Å². The standard InChI is InChI=1S/2C11H8O3.2K/c2*12-10-6-8-4-2-1-3-7(8)5-9(10)11(13)14;;/h2*1-6,12H,(H,13,14);;/q;;2*+1/p-2. The molecule has 0 spiro atoms. The molecule has 0 radical (unpaired) electrons. The van der Waals surface area contributed by atoms with Crippen molar-refractivity contribution in [3.8, 4) is 11.5 Å². The van der Waals surface area contributed by atoms with Crippen molar-refractivity contribution in [3.63, 3.8) is 0 Å². The van der Waals surface area contributed by atoms with Crippen molar-refractivity contribution < 1.29 is 133 Å². The molecule has 2 N–H and O–H groups in total. The summed E-state index contributed by atoms with van der Waals surface area (Å²) in [6, 6.07) is 19.8. The zero-order valence-electron chi connectivity index (χ0n) is 16.5. The third kappa shape index (κ3) is 6.60. The molecule has 0 aliphatic heterocycles. The quantitative estimate of drug-likeness (QED) is 0.318. The van der Waals surface area contributed by atoms with Gasteiger partial charge >= 0.3 is 115 Å². The first-order valence-corrected chi connectivity index (χ1v) is 8.23. The Balaban J connectivity index is 0.000000281. The summed E-state index contributed by atoms with van der Waals surface area (Å²) in [6.45, 7) is 0. The second kappa shape index (κ2) is 12.3. The molecule has 4 rings (SSSR count).